The summed E-state index contributed by atoms with van der Waals surface area (Å²) in [5, 5.41) is 17.8. The van der Waals surface area contributed by atoms with Gasteiger partial charge in [0.2, 0.25) is 11.8 Å². The number of rotatable bonds is 9. The van der Waals surface area contributed by atoms with Crippen LogP contribution in [0.1, 0.15) is 39.7 Å². The molecule has 1 heterocycles. The van der Waals surface area contributed by atoms with Crippen molar-refractivity contribution in [3.05, 3.63) is 60.2 Å². The lowest BCUT2D eigenvalue weighted by Gasteiger charge is -2.39. The van der Waals surface area contributed by atoms with Gasteiger partial charge >= 0.3 is 12.0 Å². The number of amides is 4. The van der Waals surface area contributed by atoms with E-state index in [2.05, 4.69) is 16.0 Å². The van der Waals surface area contributed by atoms with Crippen LogP contribution < -0.4 is 20.9 Å². The summed E-state index contributed by atoms with van der Waals surface area (Å²) in [6, 6.07) is 12.6. The van der Waals surface area contributed by atoms with Crippen molar-refractivity contribution in [1.29, 1.82) is 0 Å². The van der Waals surface area contributed by atoms with Crippen molar-refractivity contribution in [3.63, 3.8) is 0 Å². The molecule has 0 bridgehead atoms. The molecule has 4 N–H and O–H groups in total. The van der Waals surface area contributed by atoms with Crippen molar-refractivity contribution in [2.75, 3.05) is 10.2 Å². The van der Waals surface area contributed by atoms with E-state index in [0.717, 1.165) is 5.56 Å². The molecule has 0 spiro atoms. The molecule has 1 aliphatic heterocycles. The largest absolute Gasteiger partial charge is 0.480 e. The second-order valence-electron chi connectivity index (χ2n) is 9.79. The molecule has 3 atom stereocenters. The normalized spacial score (nSPS) is 16.7. The van der Waals surface area contributed by atoms with Crippen LogP contribution in [-0.4, -0.2) is 47.0 Å². The Bertz CT molecular complexity index is 1100. The van der Waals surface area contributed by atoms with Crippen LogP contribution in [0.5, 0.6) is 0 Å². The fraction of sp³-hybridized carbons (Fsp3) is 0.407. The maximum Gasteiger partial charge on any atom is 0.326 e. The molecule has 9 nitrogen and oxygen atoms in total. The summed E-state index contributed by atoms with van der Waals surface area (Å²) in [6.45, 7) is 7.43. The predicted octanol–water partition coefficient (Wildman–Crippen LogP) is 3.41. The first-order valence-corrected chi connectivity index (χ1v) is 12.1. The van der Waals surface area contributed by atoms with Crippen LogP contribution in [0.2, 0.25) is 0 Å². The molecular formula is C27H34N4O5. The number of hydrogen-bond donors (Lipinski definition) is 4. The number of para-hydroxylation sites is 2. The third-order valence-corrected chi connectivity index (χ3v) is 6.04. The van der Waals surface area contributed by atoms with Crippen LogP contribution in [0.3, 0.4) is 0 Å². The summed E-state index contributed by atoms with van der Waals surface area (Å²) in [5.41, 5.74) is 1.82. The van der Waals surface area contributed by atoms with E-state index in [1.54, 1.807) is 24.3 Å². The minimum absolute atomic E-state index is 0.0451. The number of nitrogens with one attached hydrogen (secondary N) is 3. The Morgan fingerprint density at radius 3 is 2.19 bits per heavy atom. The molecule has 3 rings (SSSR count). The number of nitrogens with zero attached hydrogens (tertiary/aromatic N) is 1. The van der Waals surface area contributed by atoms with Crippen LogP contribution in [0.15, 0.2) is 54.6 Å². The number of carboxylic acids is 1. The number of carboxylic acid groups (broad SMARTS) is 1. The molecule has 36 heavy (non-hydrogen) atoms. The number of fused-ring (bicyclic) bond motifs is 1. The van der Waals surface area contributed by atoms with E-state index >= 15 is 0 Å². The molecule has 192 valence electrons. The van der Waals surface area contributed by atoms with E-state index < -0.39 is 36.0 Å². The van der Waals surface area contributed by atoms with Crippen LogP contribution in [0.25, 0.3) is 0 Å². The zero-order valence-electron chi connectivity index (χ0n) is 21.0. The van der Waals surface area contributed by atoms with Gasteiger partial charge in [-0.15, -0.1) is 0 Å². The van der Waals surface area contributed by atoms with Gasteiger partial charge in [0, 0.05) is 6.42 Å². The van der Waals surface area contributed by atoms with Gasteiger partial charge in [-0.1, -0.05) is 70.2 Å². The van der Waals surface area contributed by atoms with Crippen molar-refractivity contribution in [2.45, 2.75) is 58.7 Å². The maximum absolute atomic E-state index is 13.7. The molecular weight excluding hydrogens is 460 g/mol. The minimum Gasteiger partial charge on any atom is -0.480 e. The number of carbonyl (C=O) groups is 4. The molecule has 0 saturated heterocycles. The lowest BCUT2D eigenvalue weighted by molar-refractivity contribution is -0.142. The average molecular weight is 495 g/mol. The van der Waals surface area contributed by atoms with E-state index in [4.69, 9.17) is 0 Å². The van der Waals surface area contributed by atoms with E-state index in [0.29, 0.717) is 11.4 Å². The van der Waals surface area contributed by atoms with Gasteiger partial charge < -0.3 is 21.1 Å². The predicted molar refractivity (Wildman–Crippen MR) is 138 cm³/mol. The molecule has 0 fully saturated rings. The summed E-state index contributed by atoms with van der Waals surface area (Å²) in [5.74, 6) is -2.21. The second-order valence-corrected chi connectivity index (χ2v) is 9.79. The number of benzene rings is 2. The number of hydrogen-bond acceptors (Lipinski definition) is 4. The molecule has 1 aliphatic rings. The maximum atomic E-state index is 13.7. The second kappa shape index (κ2) is 11.7. The third-order valence-electron chi connectivity index (χ3n) is 6.04. The third kappa shape index (κ3) is 6.41. The standard InChI is InChI=1S/C27H34N4O5/c1-16(2)14-21(26(34)35)29-24(32)20(15-18-10-6-5-7-11-18)30-27(36)31-22-13-9-8-12-19(22)28-25(33)23(31)17(3)4/h5-13,16-17,20-21,23H,14-15H2,1-4H3,(H,28,33)(H,29,32)(H,30,36)(H,34,35)/t20-,21+,23-/m0/s1. The van der Waals surface area contributed by atoms with Crippen molar-refractivity contribution >= 4 is 35.2 Å². The summed E-state index contributed by atoms with van der Waals surface area (Å²) in [7, 11) is 0. The number of urea groups is 1. The number of aliphatic carboxylic acids is 1. The van der Waals surface area contributed by atoms with Crippen molar-refractivity contribution in [3.8, 4) is 0 Å². The molecule has 0 unspecified atom stereocenters. The van der Waals surface area contributed by atoms with Crippen LogP contribution in [-0.2, 0) is 20.8 Å². The first-order valence-electron chi connectivity index (χ1n) is 12.1. The summed E-state index contributed by atoms with van der Waals surface area (Å²) >= 11 is 0. The lowest BCUT2D eigenvalue weighted by Crippen LogP contribution is -2.60. The number of carbonyl (C=O) groups excluding carboxylic acids is 3. The Kier molecular flexibility index (Phi) is 8.68. The fourth-order valence-electron chi connectivity index (χ4n) is 4.34. The minimum atomic E-state index is -1.14. The number of anilines is 2. The highest BCUT2D eigenvalue weighted by atomic mass is 16.4. The van der Waals surface area contributed by atoms with Crippen molar-refractivity contribution in [2.24, 2.45) is 11.8 Å². The highest BCUT2D eigenvalue weighted by Gasteiger charge is 2.40. The van der Waals surface area contributed by atoms with Gasteiger partial charge in [-0.25, -0.2) is 9.59 Å². The first kappa shape index (κ1) is 26.7. The fourth-order valence-corrected chi connectivity index (χ4v) is 4.34. The molecule has 9 heteroatoms. The molecule has 2 aromatic carbocycles. The molecule has 0 radical (unpaired) electrons. The summed E-state index contributed by atoms with van der Waals surface area (Å²) in [6.07, 6.45) is 0.405. The average Bonchev–Trinajstić information content (AvgIpc) is 2.82. The zero-order valence-corrected chi connectivity index (χ0v) is 21.0. The molecule has 0 saturated carbocycles. The SMILES string of the molecule is CC(C)C[C@@H](NC(=O)[C@H](Cc1ccccc1)NC(=O)N1c2ccccc2NC(=O)[C@@H]1C(C)C)C(=O)O. The van der Waals surface area contributed by atoms with Crippen LogP contribution in [0.4, 0.5) is 16.2 Å². The highest BCUT2D eigenvalue weighted by molar-refractivity contribution is 6.12. The zero-order chi connectivity index (χ0) is 26.4. The Labute approximate surface area is 211 Å². The van der Waals surface area contributed by atoms with Crippen LogP contribution >= 0.6 is 0 Å². The highest BCUT2D eigenvalue weighted by Crippen LogP contribution is 2.34. The van der Waals surface area contributed by atoms with Gasteiger partial charge in [0.15, 0.2) is 0 Å². The van der Waals surface area contributed by atoms with Gasteiger partial charge in [-0.3, -0.25) is 14.5 Å². The Balaban J connectivity index is 1.92. The van der Waals surface area contributed by atoms with Gasteiger partial charge in [-0.2, -0.15) is 0 Å². The Morgan fingerprint density at radius 1 is 0.944 bits per heavy atom. The van der Waals surface area contributed by atoms with Gasteiger partial charge in [0.25, 0.3) is 0 Å². The van der Waals surface area contributed by atoms with E-state index in [1.165, 1.54) is 4.90 Å². The van der Waals surface area contributed by atoms with Gasteiger partial charge in [0.05, 0.1) is 11.4 Å². The molecule has 0 aromatic heterocycles. The Morgan fingerprint density at radius 2 is 1.58 bits per heavy atom. The summed E-state index contributed by atoms with van der Waals surface area (Å²) < 4.78 is 0. The molecule has 4 amide bonds. The van der Waals surface area contributed by atoms with Crippen molar-refractivity contribution in [1.82, 2.24) is 10.6 Å². The van der Waals surface area contributed by atoms with Gasteiger partial charge in [-0.05, 0) is 36.0 Å². The van der Waals surface area contributed by atoms with Gasteiger partial charge in [0.1, 0.15) is 18.1 Å². The van der Waals surface area contributed by atoms with E-state index in [1.807, 2.05) is 58.0 Å². The summed E-state index contributed by atoms with van der Waals surface area (Å²) in [4.78, 5) is 53.0. The molecule has 2 aromatic rings. The smallest absolute Gasteiger partial charge is 0.326 e. The monoisotopic (exact) mass is 494 g/mol. The lowest BCUT2D eigenvalue weighted by atomic mass is 9.97. The van der Waals surface area contributed by atoms with E-state index in [9.17, 15) is 24.3 Å². The van der Waals surface area contributed by atoms with Crippen LogP contribution in [0, 0.1) is 11.8 Å². The topological polar surface area (TPSA) is 128 Å². The Hall–Kier alpha value is -3.88. The van der Waals surface area contributed by atoms with E-state index in [-0.39, 0.29) is 30.6 Å². The van der Waals surface area contributed by atoms with Crippen molar-refractivity contribution < 1.29 is 24.3 Å². The first-order chi connectivity index (χ1) is 17.1. The quantitative estimate of drug-likeness (QED) is 0.425. The molecule has 0 aliphatic carbocycles.